The fourth-order valence-electron chi connectivity index (χ4n) is 3.92. The standard InChI is InChI=1S/C24H20FN9O3/c1-12-7-13(3-6-16(12)25)10-26-22(35)18-9-19(28-11-27-18)23(36)30-20-15-5-4-14(8-17(15)29-24(20)37)21-31-32-33-34(21)2/h3-9,11,20H,10H2,1-2H3,(H,26,35)(H,29,37)(H,30,36)/t20-/m1/s1. The lowest BCUT2D eigenvalue weighted by atomic mass is 10.0. The first-order chi connectivity index (χ1) is 17.8. The first-order valence-corrected chi connectivity index (χ1v) is 11.1. The summed E-state index contributed by atoms with van der Waals surface area (Å²) in [5.41, 5.74) is 2.85. The molecule has 3 heterocycles. The summed E-state index contributed by atoms with van der Waals surface area (Å²) in [5.74, 6) is -1.42. The molecule has 1 atom stereocenters. The van der Waals surface area contributed by atoms with E-state index in [4.69, 9.17) is 0 Å². The molecule has 13 heteroatoms. The van der Waals surface area contributed by atoms with Crippen molar-refractivity contribution in [3.63, 3.8) is 0 Å². The lowest BCUT2D eigenvalue weighted by molar-refractivity contribution is -0.117. The smallest absolute Gasteiger partial charge is 0.270 e. The number of tetrazole rings is 1. The van der Waals surface area contributed by atoms with Gasteiger partial charge in [0.15, 0.2) is 5.82 Å². The summed E-state index contributed by atoms with van der Waals surface area (Å²) in [5, 5.41) is 19.4. The second-order valence-corrected chi connectivity index (χ2v) is 8.38. The number of benzene rings is 2. The highest BCUT2D eigenvalue weighted by atomic mass is 19.1. The molecule has 12 nitrogen and oxygen atoms in total. The Balaban J connectivity index is 1.28. The summed E-state index contributed by atoms with van der Waals surface area (Å²) in [6.07, 6.45) is 1.09. The lowest BCUT2D eigenvalue weighted by Crippen LogP contribution is -2.33. The summed E-state index contributed by atoms with van der Waals surface area (Å²) >= 11 is 0. The Kier molecular flexibility index (Phi) is 6.09. The van der Waals surface area contributed by atoms with Gasteiger partial charge in [-0.3, -0.25) is 14.4 Å². The SMILES string of the molecule is Cc1cc(CNC(=O)c2cc(C(=O)N[C@H]3C(=O)Nc4cc(-c5nnnn5C)ccc43)ncn2)ccc1F. The zero-order valence-corrected chi connectivity index (χ0v) is 19.7. The first-order valence-electron chi connectivity index (χ1n) is 11.1. The fraction of sp³-hybridized carbons (Fsp3) is 0.167. The molecule has 3 amide bonds. The van der Waals surface area contributed by atoms with Gasteiger partial charge in [-0.1, -0.05) is 24.3 Å². The second kappa shape index (κ2) is 9.53. The quantitative estimate of drug-likeness (QED) is 0.359. The predicted octanol–water partition coefficient (Wildman–Crippen LogP) is 1.47. The first kappa shape index (κ1) is 23.7. The normalized spacial score (nSPS) is 14.1. The average Bonchev–Trinajstić information content (AvgIpc) is 3.46. The van der Waals surface area contributed by atoms with Crippen LogP contribution in [-0.2, 0) is 18.4 Å². The number of carbonyl (C=O) groups is 3. The Hall–Kier alpha value is -5.07. The summed E-state index contributed by atoms with van der Waals surface area (Å²) in [6, 6.07) is 9.99. The summed E-state index contributed by atoms with van der Waals surface area (Å²) in [6.45, 7) is 1.78. The summed E-state index contributed by atoms with van der Waals surface area (Å²) in [7, 11) is 1.70. The van der Waals surface area contributed by atoms with Crippen LogP contribution in [-0.4, -0.2) is 47.9 Å². The third-order valence-electron chi connectivity index (χ3n) is 5.85. The maximum absolute atomic E-state index is 13.4. The van der Waals surface area contributed by atoms with Crippen LogP contribution in [0.1, 0.15) is 43.7 Å². The van der Waals surface area contributed by atoms with Crippen LogP contribution in [0.3, 0.4) is 0 Å². The number of aromatic nitrogens is 6. The van der Waals surface area contributed by atoms with Crippen molar-refractivity contribution in [3.05, 3.63) is 82.7 Å². The van der Waals surface area contributed by atoms with Gasteiger partial charge in [0, 0.05) is 36.5 Å². The molecule has 0 saturated carbocycles. The molecule has 0 fully saturated rings. The number of fused-ring (bicyclic) bond motifs is 1. The van der Waals surface area contributed by atoms with Crippen LogP contribution in [0.25, 0.3) is 11.4 Å². The number of amides is 3. The van der Waals surface area contributed by atoms with E-state index in [2.05, 4.69) is 41.4 Å². The third kappa shape index (κ3) is 4.74. The van der Waals surface area contributed by atoms with Gasteiger partial charge in [-0.05, 0) is 40.6 Å². The highest BCUT2D eigenvalue weighted by molar-refractivity contribution is 6.06. The molecule has 2 aromatic carbocycles. The summed E-state index contributed by atoms with van der Waals surface area (Å²) < 4.78 is 15.0. The number of aryl methyl sites for hydroxylation is 2. The molecule has 4 aromatic rings. The average molecular weight is 501 g/mol. The highest BCUT2D eigenvalue weighted by Crippen LogP contribution is 2.34. The van der Waals surface area contributed by atoms with Crippen molar-refractivity contribution in [2.75, 3.05) is 5.32 Å². The van der Waals surface area contributed by atoms with Crippen LogP contribution in [0, 0.1) is 12.7 Å². The molecular weight excluding hydrogens is 481 g/mol. The Labute approximate surface area is 209 Å². The van der Waals surface area contributed by atoms with Crippen molar-refractivity contribution in [1.29, 1.82) is 0 Å². The van der Waals surface area contributed by atoms with Gasteiger partial charge in [0.25, 0.3) is 17.7 Å². The molecule has 0 radical (unpaired) electrons. The Morgan fingerprint density at radius 2 is 1.86 bits per heavy atom. The molecular formula is C24H20FN9O3. The van der Waals surface area contributed by atoms with E-state index < -0.39 is 23.8 Å². The topological polar surface area (TPSA) is 157 Å². The van der Waals surface area contributed by atoms with E-state index in [1.54, 1.807) is 44.3 Å². The molecule has 0 aliphatic carbocycles. The van der Waals surface area contributed by atoms with E-state index in [-0.39, 0.29) is 23.7 Å². The van der Waals surface area contributed by atoms with E-state index >= 15 is 0 Å². The van der Waals surface area contributed by atoms with Gasteiger partial charge >= 0.3 is 0 Å². The second-order valence-electron chi connectivity index (χ2n) is 8.38. The van der Waals surface area contributed by atoms with Gasteiger partial charge in [0.05, 0.1) is 0 Å². The van der Waals surface area contributed by atoms with Crippen molar-refractivity contribution in [2.24, 2.45) is 7.05 Å². The Bertz CT molecular complexity index is 1550. The van der Waals surface area contributed by atoms with E-state index in [1.165, 1.54) is 16.8 Å². The number of anilines is 1. The van der Waals surface area contributed by atoms with E-state index in [0.717, 1.165) is 6.33 Å². The van der Waals surface area contributed by atoms with Crippen molar-refractivity contribution >= 4 is 23.4 Å². The number of hydrogen-bond donors (Lipinski definition) is 3. The van der Waals surface area contributed by atoms with Crippen LogP contribution in [0.5, 0.6) is 0 Å². The third-order valence-corrected chi connectivity index (χ3v) is 5.85. The van der Waals surface area contributed by atoms with Crippen molar-refractivity contribution in [3.8, 4) is 11.4 Å². The van der Waals surface area contributed by atoms with Crippen LogP contribution in [0.2, 0.25) is 0 Å². The van der Waals surface area contributed by atoms with Crippen molar-refractivity contribution in [1.82, 2.24) is 40.8 Å². The number of carbonyl (C=O) groups excluding carboxylic acids is 3. The predicted molar refractivity (Wildman–Crippen MR) is 127 cm³/mol. The van der Waals surface area contributed by atoms with Gasteiger partial charge in [-0.2, -0.15) is 0 Å². The largest absolute Gasteiger partial charge is 0.347 e. The van der Waals surface area contributed by atoms with Gasteiger partial charge in [0.1, 0.15) is 29.6 Å². The molecule has 37 heavy (non-hydrogen) atoms. The number of hydrogen-bond acceptors (Lipinski definition) is 8. The maximum atomic E-state index is 13.4. The molecule has 0 spiro atoms. The molecule has 0 bridgehead atoms. The molecule has 1 aliphatic heterocycles. The van der Waals surface area contributed by atoms with Gasteiger partial charge in [-0.25, -0.2) is 19.0 Å². The lowest BCUT2D eigenvalue weighted by Gasteiger charge is -2.12. The number of nitrogens with zero attached hydrogens (tertiary/aromatic N) is 6. The number of nitrogens with one attached hydrogen (secondary N) is 3. The molecule has 5 rings (SSSR count). The van der Waals surface area contributed by atoms with Gasteiger partial charge < -0.3 is 16.0 Å². The zero-order chi connectivity index (χ0) is 26.1. The van der Waals surface area contributed by atoms with E-state index in [1.807, 2.05) is 0 Å². The van der Waals surface area contributed by atoms with Crippen LogP contribution in [0.15, 0.2) is 48.8 Å². The van der Waals surface area contributed by atoms with Crippen molar-refractivity contribution < 1.29 is 18.8 Å². The van der Waals surface area contributed by atoms with Gasteiger partial charge in [0.2, 0.25) is 0 Å². The zero-order valence-electron chi connectivity index (χ0n) is 19.7. The number of rotatable bonds is 6. The van der Waals surface area contributed by atoms with Crippen LogP contribution < -0.4 is 16.0 Å². The summed E-state index contributed by atoms with van der Waals surface area (Å²) in [4.78, 5) is 46.0. The molecule has 186 valence electrons. The van der Waals surface area contributed by atoms with Crippen LogP contribution in [0.4, 0.5) is 10.1 Å². The van der Waals surface area contributed by atoms with E-state index in [0.29, 0.717) is 33.8 Å². The molecule has 0 saturated heterocycles. The monoisotopic (exact) mass is 501 g/mol. The van der Waals surface area contributed by atoms with Gasteiger partial charge in [-0.15, -0.1) is 5.10 Å². The van der Waals surface area contributed by atoms with E-state index in [9.17, 15) is 18.8 Å². The molecule has 0 unspecified atom stereocenters. The fourth-order valence-corrected chi connectivity index (χ4v) is 3.92. The minimum absolute atomic E-state index is 0.0304. The minimum Gasteiger partial charge on any atom is -0.347 e. The maximum Gasteiger partial charge on any atom is 0.270 e. The minimum atomic E-state index is -0.955. The molecule has 3 N–H and O–H groups in total. The highest BCUT2D eigenvalue weighted by Gasteiger charge is 2.33. The van der Waals surface area contributed by atoms with Crippen molar-refractivity contribution in [2.45, 2.75) is 19.5 Å². The van der Waals surface area contributed by atoms with Crippen LogP contribution >= 0.6 is 0 Å². The Morgan fingerprint density at radius 1 is 1.08 bits per heavy atom. The number of halogens is 1. The molecule has 2 aromatic heterocycles. The molecule has 1 aliphatic rings. The Morgan fingerprint density at radius 3 is 2.59 bits per heavy atom.